The molecular formula is C22H24N4O2. The van der Waals surface area contributed by atoms with Gasteiger partial charge in [0.1, 0.15) is 11.4 Å². The Balaban J connectivity index is 1.80. The van der Waals surface area contributed by atoms with E-state index in [1.807, 2.05) is 48.5 Å². The molecule has 0 saturated carbocycles. The maximum Gasteiger partial charge on any atom is 0.274 e. The minimum atomic E-state index is -0.284. The fourth-order valence-corrected chi connectivity index (χ4v) is 2.81. The summed E-state index contributed by atoms with van der Waals surface area (Å²) >= 11 is 0. The van der Waals surface area contributed by atoms with E-state index < -0.39 is 0 Å². The molecule has 28 heavy (non-hydrogen) atoms. The van der Waals surface area contributed by atoms with Crippen LogP contribution >= 0.6 is 0 Å². The smallest absolute Gasteiger partial charge is 0.274 e. The predicted molar refractivity (Wildman–Crippen MR) is 111 cm³/mol. The summed E-state index contributed by atoms with van der Waals surface area (Å²) in [6.45, 7) is 6.33. The van der Waals surface area contributed by atoms with Crippen LogP contribution in [0.15, 0.2) is 60.8 Å². The average molecular weight is 376 g/mol. The highest BCUT2D eigenvalue weighted by Gasteiger charge is 2.19. The zero-order valence-electron chi connectivity index (χ0n) is 16.5. The van der Waals surface area contributed by atoms with E-state index in [1.165, 1.54) is 0 Å². The number of aromatic nitrogens is 2. The normalized spacial score (nSPS) is 11.0. The number of benzene rings is 2. The third-order valence-corrected chi connectivity index (χ3v) is 4.20. The van der Waals surface area contributed by atoms with Crippen LogP contribution in [0.2, 0.25) is 0 Å². The summed E-state index contributed by atoms with van der Waals surface area (Å²) in [5.74, 6) is 0.774. The summed E-state index contributed by atoms with van der Waals surface area (Å²) in [5, 5.41) is 6.06. The van der Waals surface area contributed by atoms with Gasteiger partial charge in [-0.25, -0.2) is 9.97 Å². The van der Waals surface area contributed by atoms with Crippen molar-refractivity contribution in [2.75, 3.05) is 17.7 Å². The summed E-state index contributed by atoms with van der Waals surface area (Å²) in [7, 11) is 1.61. The Kier molecular flexibility index (Phi) is 5.59. The monoisotopic (exact) mass is 376 g/mol. The van der Waals surface area contributed by atoms with Gasteiger partial charge in [-0.2, -0.15) is 0 Å². The molecule has 2 N–H and O–H groups in total. The van der Waals surface area contributed by atoms with E-state index in [-0.39, 0.29) is 17.0 Å². The lowest BCUT2D eigenvalue weighted by atomic mass is 9.86. The topological polar surface area (TPSA) is 76.1 Å². The van der Waals surface area contributed by atoms with Gasteiger partial charge in [-0.3, -0.25) is 4.79 Å². The van der Waals surface area contributed by atoms with Crippen molar-refractivity contribution in [2.24, 2.45) is 0 Å². The molecule has 0 spiro atoms. The third kappa shape index (κ3) is 4.65. The van der Waals surface area contributed by atoms with Gasteiger partial charge in [0.2, 0.25) is 5.95 Å². The minimum Gasteiger partial charge on any atom is -0.497 e. The van der Waals surface area contributed by atoms with E-state index >= 15 is 0 Å². The number of para-hydroxylation sites is 1. The van der Waals surface area contributed by atoms with Gasteiger partial charge in [0.25, 0.3) is 5.91 Å². The Morgan fingerprint density at radius 1 is 1.04 bits per heavy atom. The van der Waals surface area contributed by atoms with Gasteiger partial charge in [0.05, 0.1) is 7.11 Å². The molecule has 0 atom stereocenters. The SMILES string of the molecule is COc1cccc(Nc2nccc(C(=O)Nc3ccccc3C(C)(C)C)n2)c1. The van der Waals surface area contributed by atoms with Crippen molar-refractivity contribution in [1.82, 2.24) is 9.97 Å². The van der Waals surface area contributed by atoms with Crippen molar-refractivity contribution >= 4 is 23.2 Å². The molecule has 6 heteroatoms. The molecule has 0 unspecified atom stereocenters. The molecule has 6 nitrogen and oxygen atoms in total. The highest BCUT2D eigenvalue weighted by atomic mass is 16.5. The van der Waals surface area contributed by atoms with Crippen LogP contribution in [0.3, 0.4) is 0 Å². The van der Waals surface area contributed by atoms with E-state index in [0.29, 0.717) is 5.95 Å². The first-order valence-corrected chi connectivity index (χ1v) is 9.02. The number of ether oxygens (including phenoxy) is 1. The van der Waals surface area contributed by atoms with E-state index in [1.54, 1.807) is 19.4 Å². The lowest BCUT2D eigenvalue weighted by Crippen LogP contribution is -2.19. The molecule has 0 aliphatic carbocycles. The maximum absolute atomic E-state index is 12.7. The van der Waals surface area contributed by atoms with Crippen molar-refractivity contribution in [1.29, 1.82) is 0 Å². The molecule has 0 aliphatic rings. The number of hydrogen-bond donors (Lipinski definition) is 2. The Morgan fingerprint density at radius 3 is 2.57 bits per heavy atom. The van der Waals surface area contributed by atoms with Crippen LogP contribution in [-0.2, 0) is 5.41 Å². The molecule has 1 aromatic heterocycles. The standard InChI is InChI=1S/C22H24N4O2/c1-22(2,3)17-10-5-6-11-18(17)25-20(27)19-12-13-23-21(26-19)24-15-8-7-9-16(14-15)28-4/h5-14H,1-4H3,(H,25,27)(H,23,24,26). The van der Waals surface area contributed by atoms with Crippen LogP contribution in [0, 0.1) is 0 Å². The molecule has 2 aromatic carbocycles. The van der Waals surface area contributed by atoms with Crippen LogP contribution in [0.1, 0.15) is 36.8 Å². The van der Waals surface area contributed by atoms with Crippen molar-refractivity contribution < 1.29 is 9.53 Å². The highest BCUT2D eigenvalue weighted by molar-refractivity contribution is 6.03. The second-order valence-electron chi connectivity index (χ2n) is 7.37. The number of anilines is 3. The summed E-state index contributed by atoms with van der Waals surface area (Å²) in [4.78, 5) is 21.3. The summed E-state index contributed by atoms with van der Waals surface area (Å²) in [5.41, 5.74) is 2.81. The zero-order chi connectivity index (χ0) is 20.1. The maximum atomic E-state index is 12.7. The lowest BCUT2D eigenvalue weighted by Gasteiger charge is -2.22. The number of carbonyl (C=O) groups excluding carboxylic acids is 1. The lowest BCUT2D eigenvalue weighted by molar-refractivity contribution is 0.102. The molecule has 0 fully saturated rings. The van der Waals surface area contributed by atoms with Crippen molar-refractivity contribution in [3.8, 4) is 5.75 Å². The van der Waals surface area contributed by atoms with Crippen molar-refractivity contribution in [3.05, 3.63) is 72.1 Å². The van der Waals surface area contributed by atoms with Gasteiger partial charge in [0.15, 0.2) is 0 Å². The van der Waals surface area contributed by atoms with Gasteiger partial charge in [0, 0.05) is 23.6 Å². The number of carbonyl (C=O) groups is 1. The fraction of sp³-hybridized carbons (Fsp3) is 0.227. The van der Waals surface area contributed by atoms with Crippen LogP contribution in [0.5, 0.6) is 5.75 Å². The van der Waals surface area contributed by atoms with E-state index in [4.69, 9.17) is 4.74 Å². The zero-order valence-corrected chi connectivity index (χ0v) is 16.5. The van der Waals surface area contributed by atoms with E-state index in [2.05, 4.69) is 41.4 Å². The first kappa shape index (κ1) is 19.4. The number of hydrogen-bond acceptors (Lipinski definition) is 5. The van der Waals surface area contributed by atoms with Crippen molar-refractivity contribution in [3.63, 3.8) is 0 Å². The Bertz CT molecular complexity index is 980. The van der Waals surface area contributed by atoms with Crippen LogP contribution in [-0.4, -0.2) is 23.0 Å². The molecular weight excluding hydrogens is 352 g/mol. The third-order valence-electron chi connectivity index (χ3n) is 4.20. The largest absolute Gasteiger partial charge is 0.497 e. The Labute approximate surface area is 165 Å². The van der Waals surface area contributed by atoms with Gasteiger partial charge in [-0.05, 0) is 35.2 Å². The van der Waals surface area contributed by atoms with Crippen LogP contribution in [0.4, 0.5) is 17.3 Å². The van der Waals surface area contributed by atoms with Gasteiger partial charge < -0.3 is 15.4 Å². The average Bonchev–Trinajstić information content (AvgIpc) is 2.68. The molecule has 0 radical (unpaired) electrons. The highest BCUT2D eigenvalue weighted by Crippen LogP contribution is 2.29. The molecule has 144 valence electrons. The summed E-state index contributed by atoms with van der Waals surface area (Å²) in [6.07, 6.45) is 1.56. The van der Waals surface area contributed by atoms with E-state index in [9.17, 15) is 4.79 Å². The second-order valence-corrected chi connectivity index (χ2v) is 7.37. The summed E-state index contributed by atoms with van der Waals surface area (Å²) < 4.78 is 5.21. The van der Waals surface area contributed by atoms with Crippen LogP contribution in [0.25, 0.3) is 0 Å². The number of rotatable bonds is 5. The Hall–Kier alpha value is -3.41. The van der Waals surface area contributed by atoms with E-state index in [0.717, 1.165) is 22.7 Å². The molecule has 1 amide bonds. The molecule has 3 rings (SSSR count). The first-order valence-electron chi connectivity index (χ1n) is 9.02. The fourth-order valence-electron chi connectivity index (χ4n) is 2.81. The minimum absolute atomic E-state index is 0.0887. The molecule has 3 aromatic rings. The van der Waals surface area contributed by atoms with Crippen LogP contribution < -0.4 is 15.4 Å². The van der Waals surface area contributed by atoms with Crippen molar-refractivity contribution in [2.45, 2.75) is 26.2 Å². The molecule has 1 heterocycles. The number of nitrogens with one attached hydrogen (secondary N) is 2. The van der Waals surface area contributed by atoms with Gasteiger partial charge in [-0.15, -0.1) is 0 Å². The number of amides is 1. The number of nitrogens with zero attached hydrogens (tertiary/aromatic N) is 2. The molecule has 0 aliphatic heterocycles. The first-order chi connectivity index (χ1) is 13.4. The van der Waals surface area contributed by atoms with Gasteiger partial charge in [-0.1, -0.05) is 45.0 Å². The Morgan fingerprint density at radius 2 is 1.82 bits per heavy atom. The molecule has 0 bridgehead atoms. The van der Waals surface area contributed by atoms with Gasteiger partial charge >= 0.3 is 0 Å². The molecule has 0 saturated heterocycles. The summed E-state index contributed by atoms with van der Waals surface area (Å²) in [6, 6.07) is 16.8. The number of methoxy groups -OCH3 is 1. The quantitative estimate of drug-likeness (QED) is 0.670. The second kappa shape index (κ2) is 8.08. The predicted octanol–water partition coefficient (Wildman–Crippen LogP) is 4.78.